The van der Waals surface area contributed by atoms with Crippen LogP contribution in [0.3, 0.4) is 0 Å². The standard InChI is InChI=1S/K.H3O4P.12H2O.H/c;1-5(2,3)4;;;;;;;;;;;;;/h;(H3,1,2,3,4);12*1H2;. The van der Waals surface area contributed by atoms with Gasteiger partial charge in [-0.15, -0.1) is 0 Å². The van der Waals surface area contributed by atoms with Crippen molar-refractivity contribution in [2.24, 2.45) is 0 Å². The Morgan fingerprint density at radius 3 is 0.444 bits per heavy atom. The molecule has 0 amide bonds. The molecule has 0 aromatic heterocycles. The molecule has 130 valence electrons. The van der Waals surface area contributed by atoms with Crippen LogP contribution in [0, 0.1) is 0 Å². The molecule has 0 rings (SSSR count). The molecule has 0 aliphatic rings. The molecule has 0 aliphatic carbocycles. The number of hydrogen-bond acceptors (Lipinski definition) is 1. The summed E-state index contributed by atoms with van der Waals surface area (Å²) in [4.78, 5) is 21.6. The number of phosphoric acid groups is 1. The summed E-state index contributed by atoms with van der Waals surface area (Å²) < 4.78 is 8.88. The minimum atomic E-state index is -4.64. The van der Waals surface area contributed by atoms with Crippen molar-refractivity contribution in [2.75, 3.05) is 0 Å². The predicted molar refractivity (Wildman–Crippen MR) is 64.8 cm³/mol. The molecule has 18 heavy (non-hydrogen) atoms. The van der Waals surface area contributed by atoms with Crippen LogP contribution in [0.1, 0.15) is 0 Å². The Labute approximate surface area is 143 Å². The topological polar surface area (TPSA) is 456 Å². The van der Waals surface area contributed by atoms with E-state index in [1.807, 2.05) is 0 Å². The van der Waals surface area contributed by atoms with Gasteiger partial charge >= 0.3 is 59.2 Å². The van der Waals surface area contributed by atoms with E-state index in [1.165, 1.54) is 0 Å². The van der Waals surface area contributed by atoms with E-state index in [1.54, 1.807) is 0 Å². The van der Waals surface area contributed by atoms with Gasteiger partial charge in [-0.1, -0.05) is 0 Å². The van der Waals surface area contributed by atoms with Gasteiger partial charge in [-0.3, -0.25) is 0 Å². The van der Waals surface area contributed by atoms with Crippen LogP contribution >= 0.6 is 7.82 Å². The molecule has 0 atom stereocenters. The molecular formula is H28KO16P. The molecule has 18 heteroatoms. The summed E-state index contributed by atoms with van der Waals surface area (Å²) in [6, 6.07) is 0. The normalized spacial score (nSPS) is 3.28. The second kappa shape index (κ2) is 103. The van der Waals surface area contributed by atoms with Gasteiger partial charge in [0.15, 0.2) is 0 Å². The summed E-state index contributed by atoms with van der Waals surface area (Å²) in [5, 5.41) is 0. The van der Waals surface area contributed by atoms with Crippen LogP contribution in [0.5, 0.6) is 0 Å². The molecular weight excluding hydrogens is 326 g/mol. The quantitative estimate of drug-likeness (QED) is 0.281. The Morgan fingerprint density at radius 1 is 0.444 bits per heavy atom. The van der Waals surface area contributed by atoms with E-state index in [9.17, 15) is 0 Å². The van der Waals surface area contributed by atoms with Crippen molar-refractivity contribution in [3.63, 3.8) is 0 Å². The summed E-state index contributed by atoms with van der Waals surface area (Å²) in [6.45, 7) is 0. The van der Waals surface area contributed by atoms with Gasteiger partial charge in [0.05, 0.1) is 0 Å². The SMILES string of the molecule is O.O.O.O.O.O.O.O.O.O.O.O.O=P(O)(O)O.[KH]. The molecule has 0 aromatic carbocycles. The maximum absolute atomic E-state index is 8.88. The summed E-state index contributed by atoms with van der Waals surface area (Å²) in [5.74, 6) is 0. The van der Waals surface area contributed by atoms with Gasteiger partial charge in [0, 0.05) is 0 Å². The van der Waals surface area contributed by atoms with E-state index in [0.717, 1.165) is 0 Å². The predicted octanol–water partition coefficient (Wildman–Crippen LogP) is -11.5. The fourth-order valence-electron chi connectivity index (χ4n) is 0. The Kier molecular flexibility index (Phi) is 1330. The monoisotopic (exact) mass is 354 g/mol. The van der Waals surface area contributed by atoms with Gasteiger partial charge in [0.1, 0.15) is 0 Å². The van der Waals surface area contributed by atoms with Crippen LogP contribution in [0.2, 0.25) is 0 Å². The van der Waals surface area contributed by atoms with Gasteiger partial charge in [0.2, 0.25) is 0 Å². The van der Waals surface area contributed by atoms with Crippen molar-refractivity contribution in [3.8, 4) is 0 Å². The molecule has 0 bridgehead atoms. The van der Waals surface area contributed by atoms with Crippen LogP contribution in [0.25, 0.3) is 0 Å². The Hall–Kier alpha value is 1.27. The van der Waals surface area contributed by atoms with Crippen LogP contribution in [-0.4, -0.2) is 132 Å². The van der Waals surface area contributed by atoms with Crippen molar-refractivity contribution < 1.29 is 85.0 Å². The summed E-state index contributed by atoms with van der Waals surface area (Å²) in [5.41, 5.74) is 0. The van der Waals surface area contributed by atoms with Crippen LogP contribution in [0.4, 0.5) is 0 Å². The third kappa shape index (κ3) is 2850. The maximum atomic E-state index is 8.88. The zero-order chi connectivity index (χ0) is 4.50. The Balaban J connectivity index is -0.00000000103. The van der Waals surface area contributed by atoms with E-state index in [2.05, 4.69) is 0 Å². The first-order chi connectivity index (χ1) is 2.00. The van der Waals surface area contributed by atoms with E-state index >= 15 is 0 Å². The van der Waals surface area contributed by atoms with E-state index in [-0.39, 0.29) is 117 Å². The van der Waals surface area contributed by atoms with Crippen molar-refractivity contribution >= 4 is 59.2 Å². The van der Waals surface area contributed by atoms with E-state index in [0.29, 0.717) is 0 Å². The zero-order valence-corrected chi connectivity index (χ0v) is 9.09. The van der Waals surface area contributed by atoms with Gasteiger partial charge in [-0.05, 0) is 0 Å². The second-order valence-electron chi connectivity index (χ2n) is 0.513. The van der Waals surface area contributed by atoms with Gasteiger partial charge in [0.25, 0.3) is 0 Å². The average Bonchev–Trinajstić information content (AvgIpc) is 0.722. The average molecular weight is 354 g/mol. The molecule has 0 fully saturated rings. The van der Waals surface area contributed by atoms with Gasteiger partial charge in [-0.25, -0.2) is 4.57 Å². The first-order valence-electron chi connectivity index (χ1n) is 0.783. The summed E-state index contributed by atoms with van der Waals surface area (Å²) in [7, 11) is -4.64. The van der Waals surface area contributed by atoms with Crippen LogP contribution in [0.15, 0.2) is 0 Å². The number of hydrogen-bond donors (Lipinski definition) is 3. The molecule has 0 radical (unpaired) electrons. The Morgan fingerprint density at radius 2 is 0.444 bits per heavy atom. The van der Waals surface area contributed by atoms with E-state index in [4.69, 9.17) is 19.2 Å². The van der Waals surface area contributed by atoms with E-state index < -0.39 is 7.82 Å². The molecule has 0 heterocycles. The van der Waals surface area contributed by atoms with Crippen molar-refractivity contribution in [1.82, 2.24) is 0 Å². The molecule has 0 spiro atoms. The summed E-state index contributed by atoms with van der Waals surface area (Å²) in [6.07, 6.45) is 0. The van der Waals surface area contributed by atoms with Crippen molar-refractivity contribution in [1.29, 1.82) is 0 Å². The van der Waals surface area contributed by atoms with Crippen molar-refractivity contribution in [2.45, 2.75) is 0 Å². The number of rotatable bonds is 0. The summed E-state index contributed by atoms with van der Waals surface area (Å²) >= 11 is 0. The van der Waals surface area contributed by atoms with Crippen LogP contribution in [-0.2, 0) is 4.57 Å². The molecule has 0 saturated carbocycles. The fraction of sp³-hybridized carbons (Fsp3) is 0. The first kappa shape index (κ1) is 232. The minimum absolute atomic E-state index is 0. The van der Waals surface area contributed by atoms with Gasteiger partial charge in [-0.2, -0.15) is 0 Å². The van der Waals surface area contributed by atoms with Gasteiger partial charge < -0.3 is 80.4 Å². The van der Waals surface area contributed by atoms with Crippen LogP contribution < -0.4 is 0 Å². The second-order valence-corrected chi connectivity index (χ2v) is 1.54. The molecule has 27 N–H and O–H groups in total. The molecule has 0 aliphatic heterocycles. The fourth-order valence-corrected chi connectivity index (χ4v) is 0. The molecule has 0 unspecified atom stereocenters. The van der Waals surface area contributed by atoms with Crippen molar-refractivity contribution in [3.05, 3.63) is 0 Å². The third-order valence-corrected chi connectivity index (χ3v) is 0. The first-order valence-corrected chi connectivity index (χ1v) is 2.35. The zero-order valence-electron chi connectivity index (χ0n) is 8.20. The molecule has 0 aromatic rings. The molecule has 0 saturated heterocycles. The molecule has 16 nitrogen and oxygen atoms in total. The third-order valence-electron chi connectivity index (χ3n) is 0. The Bertz CT molecular complexity index is 57.2.